The first-order valence-electron chi connectivity index (χ1n) is 13.8. The minimum Gasteiger partial charge on any atom is -0.460 e. The third-order valence-corrected chi connectivity index (χ3v) is 13.2. The molecule has 0 aliphatic heterocycles. The van der Waals surface area contributed by atoms with Gasteiger partial charge in [-0.3, -0.25) is 0 Å². The molecule has 8 heteroatoms. The summed E-state index contributed by atoms with van der Waals surface area (Å²) in [4.78, 5) is 12.7. The highest BCUT2D eigenvalue weighted by Crippen LogP contribution is 2.38. The fourth-order valence-corrected chi connectivity index (χ4v) is 6.54. The number of hydrogen-bond donors (Lipinski definition) is 0. The Morgan fingerprint density at radius 1 is 0.946 bits per heavy atom. The van der Waals surface area contributed by atoms with Crippen LogP contribution in [-0.4, -0.2) is 66.1 Å². The van der Waals surface area contributed by atoms with E-state index in [1.165, 1.54) is 7.11 Å². The Balaban J connectivity index is 5.58. The standard InChI is InChI=1S/C29H57IO6Si/c1-14-24(36-37(12,13)29(6,7)8)19-26(33-10)20(2)15-16-25(35-28(31)23(5)32-9)22(4)27(34-11)21(3)17-18-30/h17-18,20-27H,14-16,19H2,1-13H3/b18-17+/t20-,21+,22-,23?,24+,25+,26-,27+/m0/s1. The Hall–Kier alpha value is -0.00312. The lowest BCUT2D eigenvalue weighted by molar-refractivity contribution is -0.166. The number of carbonyl (C=O) groups excluding carboxylic acids is 1. The summed E-state index contributed by atoms with van der Waals surface area (Å²) in [5.74, 6) is 0.151. The van der Waals surface area contributed by atoms with Crippen molar-refractivity contribution in [1.82, 2.24) is 0 Å². The maximum absolute atomic E-state index is 12.7. The highest BCUT2D eigenvalue weighted by atomic mass is 127. The minimum absolute atomic E-state index is 0.0131. The van der Waals surface area contributed by atoms with Crippen molar-refractivity contribution in [2.24, 2.45) is 17.8 Å². The number of ether oxygens (including phenoxy) is 4. The molecule has 0 heterocycles. The zero-order valence-corrected chi connectivity index (χ0v) is 29.1. The van der Waals surface area contributed by atoms with Crippen LogP contribution in [0.5, 0.6) is 0 Å². The first-order chi connectivity index (χ1) is 17.1. The molecule has 0 rings (SSSR count). The lowest BCUT2D eigenvalue weighted by Gasteiger charge is -2.40. The second kappa shape index (κ2) is 17.6. The van der Waals surface area contributed by atoms with Crippen molar-refractivity contribution < 1.29 is 28.2 Å². The second-order valence-corrected chi connectivity index (χ2v) is 17.5. The smallest absolute Gasteiger partial charge is 0.335 e. The van der Waals surface area contributed by atoms with Gasteiger partial charge in [-0.05, 0) is 60.7 Å². The summed E-state index contributed by atoms with van der Waals surface area (Å²) < 4.78 is 31.8. The molecule has 37 heavy (non-hydrogen) atoms. The molecule has 220 valence electrons. The second-order valence-electron chi connectivity index (χ2n) is 12.1. The van der Waals surface area contributed by atoms with Crippen molar-refractivity contribution in [2.75, 3.05) is 21.3 Å². The van der Waals surface area contributed by atoms with Gasteiger partial charge in [-0.15, -0.1) is 0 Å². The van der Waals surface area contributed by atoms with E-state index in [2.05, 4.69) is 90.2 Å². The van der Waals surface area contributed by atoms with E-state index < -0.39 is 14.4 Å². The van der Waals surface area contributed by atoms with Gasteiger partial charge in [0.25, 0.3) is 0 Å². The first kappa shape index (κ1) is 37.0. The predicted octanol–water partition coefficient (Wildman–Crippen LogP) is 7.79. The number of methoxy groups -OCH3 is 3. The Morgan fingerprint density at radius 2 is 1.54 bits per heavy atom. The van der Waals surface area contributed by atoms with Crippen LogP contribution in [0.4, 0.5) is 0 Å². The van der Waals surface area contributed by atoms with Crippen LogP contribution in [0, 0.1) is 17.8 Å². The van der Waals surface area contributed by atoms with Crippen LogP contribution >= 0.6 is 22.6 Å². The quantitative estimate of drug-likeness (QED) is 0.0853. The molecule has 8 atom stereocenters. The molecular weight excluding hydrogens is 599 g/mol. The first-order valence-corrected chi connectivity index (χ1v) is 18.0. The van der Waals surface area contributed by atoms with Crippen molar-refractivity contribution in [3.05, 3.63) is 10.2 Å². The summed E-state index contributed by atoms with van der Waals surface area (Å²) in [6.45, 7) is 21.8. The normalized spacial score (nSPS) is 19.6. The molecule has 6 nitrogen and oxygen atoms in total. The van der Waals surface area contributed by atoms with Gasteiger partial charge in [0.05, 0.1) is 12.2 Å². The SMILES string of the molecule is CC[C@H](C[C@H](OC)[C@@H](C)CC[C@@H](OC(=O)C(C)OC)[C@H](C)[C@H](OC)[C@H](C)/C=C/I)O[Si](C)(C)C(C)(C)C. The molecule has 0 aromatic carbocycles. The van der Waals surface area contributed by atoms with Crippen LogP contribution in [0.15, 0.2) is 10.2 Å². The summed E-state index contributed by atoms with van der Waals surface area (Å²) in [7, 11) is 3.18. The summed E-state index contributed by atoms with van der Waals surface area (Å²) in [5, 5.41) is 0.169. The van der Waals surface area contributed by atoms with E-state index in [0.29, 0.717) is 0 Å². The largest absolute Gasteiger partial charge is 0.460 e. The molecule has 0 fully saturated rings. The number of halogens is 1. The van der Waals surface area contributed by atoms with E-state index in [4.69, 9.17) is 23.4 Å². The zero-order chi connectivity index (χ0) is 29.0. The molecular formula is C29H57IO6Si. The molecule has 0 radical (unpaired) electrons. The monoisotopic (exact) mass is 656 g/mol. The van der Waals surface area contributed by atoms with Gasteiger partial charge in [-0.25, -0.2) is 4.79 Å². The third kappa shape index (κ3) is 12.4. The highest BCUT2D eigenvalue weighted by Gasteiger charge is 2.40. The molecule has 0 amide bonds. The van der Waals surface area contributed by atoms with Gasteiger partial charge >= 0.3 is 5.97 Å². The van der Waals surface area contributed by atoms with Gasteiger partial charge in [0.2, 0.25) is 0 Å². The average molecular weight is 657 g/mol. The van der Waals surface area contributed by atoms with E-state index in [9.17, 15) is 4.79 Å². The van der Waals surface area contributed by atoms with E-state index in [0.717, 1.165) is 25.7 Å². The van der Waals surface area contributed by atoms with E-state index in [1.54, 1.807) is 21.1 Å². The van der Waals surface area contributed by atoms with Crippen LogP contribution in [0.2, 0.25) is 18.1 Å². The Labute approximate surface area is 243 Å². The molecule has 0 saturated carbocycles. The fraction of sp³-hybridized carbons (Fsp3) is 0.897. The number of esters is 1. The summed E-state index contributed by atoms with van der Waals surface area (Å²) in [6, 6.07) is 0. The molecule has 0 spiro atoms. The lowest BCUT2D eigenvalue weighted by Crippen LogP contribution is -2.45. The fourth-order valence-electron chi connectivity index (χ4n) is 4.44. The number of hydrogen-bond acceptors (Lipinski definition) is 6. The molecule has 0 bridgehead atoms. The highest BCUT2D eigenvalue weighted by molar-refractivity contribution is 14.1. The van der Waals surface area contributed by atoms with Crippen LogP contribution in [0.3, 0.4) is 0 Å². The maximum Gasteiger partial charge on any atom is 0.335 e. The molecule has 0 aromatic rings. The van der Waals surface area contributed by atoms with Crippen molar-refractivity contribution in [2.45, 2.75) is 130 Å². The molecule has 0 aromatic heterocycles. The molecule has 0 aliphatic rings. The molecule has 0 N–H and O–H groups in total. The van der Waals surface area contributed by atoms with Crippen molar-refractivity contribution in [3.8, 4) is 0 Å². The topological polar surface area (TPSA) is 63.2 Å². The predicted molar refractivity (Wildman–Crippen MR) is 165 cm³/mol. The molecule has 0 saturated heterocycles. The minimum atomic E-state index is -1.87. The Morgan fingerprint density at radius 3 is 1.97 bits per heavy atom. The summed E-state index contributed by atoms with van der Waals surface area (Å²) in [5.41, 5.74) is 0. The summed E-state index contributed by atoms with van der Waals surface area (Å²) in [6.07, 6.45) is 4.81. The van der Waals surface area contributed by atoms with Gasteiger partial charge in [0.15, 0.2) is 14.4 Å². The summed E-state index contributed by atoms with van der Waals surface area (Å²) >= 11 is 2.23. The number of rotatable bonds is 18. The van der Waals surface area contributed by atoms with Crippen LogP contribution in [0.25, 0.3) is 0 Å². The van der Waals surface area contributed by atoms with Gasteiger partial charge in [0.1, 0.15) is 6.10 Å². The van der Waals surface area contributed by atoms with E-state index >= 15 is 0 Å². The van der Waals surface area contributed by atoms with Crippen LogP contribution in [-0.2, 0) is 28.2 Å². The van der Waals surface area contributed by atoms with Crippen molar-refractivity contribution in [1.29, 1.82) is 0 Å². The van der Waals surface area contributed by atoms with Crippen molar-refractivity contribution in [3.63, 3.8) is 0 Å². The van der Waals surface area contributed by atoms with Gasteiger partial charge in [-0.2, -0.15) is 0 Å². The van der Waals surface area contributed by atoms with E-state index in [1.807, 2.05) is 4.08 Å². The van der Waals surface area contributed by atoms with Gasteiger partial charge in [-0.1, -0.05) is 77.1 Å². The lowest BCUT2D eigenvalue weighted by atomic mass is 9.84. The maximum atomic E-state index is 12.7. The number of carbonyl (C=O) groups is 1. The molecule has 0 aliphatic carbocycles. The van der Waals surface area contributed by atoms with Crippen LogP contribution < -0.4 is 0 Å². The zero-order valence-electron chi connectivity index (χ0n) is 25.9. The third-order valence-electron chi connectivity index (χ3n) is 8.29. The van der Waals surface area contributed by atoms with Gasteiger partial charge in [0, 0.05) is 39.3 Å². The Kier molecular flexibility index (Phi) is 17.6. The van der Waals surface area contributed by atoms with Crippen LogP contribution in [0.1, 0.15) is 81.1 Å². The molecule has 1 unspecified atom stereocenters. The Bertz CT molecular complexity index is 665. The average Bonchev–Trinajstić information content (AvgIpc) is 2.82. The van der Waals surface area contributed by atoms with Gasteiger partial charge < -0.3 is 23.4 Å². The van der Waals surface area contributed by atoms with E-state index in [-0.39, 0.29) is 53.2 Å². The van der Waals surface area contributed by atoms with Crippen molar-refractivity contribution >= 4 is 36.9 Å².